The second-order valence-corrected chi connectivity index (χ2v) is 4.59. The summed E-state index contributed by atoms with van der Waals surface area (Å²) >= 11 is 6.05. The highest BCUT2D eigenvalue weighted by atomic mass is 35.5. The van der Waals surface area contributed by atoms with Crippen LogP contribution in [0.2, 0.25) is 5.02 Å². The largest absolute Gasteiger partial charge is 0.355 e. The van der Waals surface area contributed by atoms with E-state index in [-0.39, 0.29) is 5.91 Å². The second-order valence-electron chi connectivity index (χ2n) is 4.19. The van der Waals surface area contributed by atoms with E-state index >= 15 is 0 Å². The number of halogens is 1. The average molecular weight is 273 g/mol. The SMILES string of the molecule is O=C([CH]c1ccccc1)NCCc1ccccc1Cl. The molecule has 0 bridgehead atoms. The fourth-order valence-electron chi connectivity index (χ4n) is 1.77. The van der Waals surface area contributed by atoms with Gasteiger partial charge < -0.3 is 5.32 Å². The molecular formula is C16H15ClNO. The number of benzene rings is 2. The zero-order chi connectivity index (χ0) is 13.5. The van der Waals surface area contributed by atoms with Crippen molar-refractivity contribution in [3.8, 4) is 0 Å². The highest BCUT2D eigenvalue weighted by Crippen LogP contribution is 2.14. The lowest BCUT2D eigenvalue weighted by atomic mass is 10.1. The van der Waals surface area contributed by atoms with Crippen LogP contribution in [0.25, 0.3) is 0 Å². The van der Waals surface area contributed by atoms with Crippen molar-refractivity contribution in [3.63, 3.8) is 0 Å². The van der Waals surface area contributed by atoms with Crippen LogP contribution in [-0.2, 0) is 11.2 Å². The van der Waals surface area contributed by atoms with E-state index in [0.717, 1.165) is 22.6 Å². The maximum atomic E-state index is 11.7. The van der Waals surface area contributed by atoms with E-state index in [1.165, 1.54) is 0 Å². The fourth-order valence-corrected chi connectivity index (χ4v) is 2.00. The van der Waals surface area contributed by atoms with Crippen molar-refractivity contribution < 1.29 is 4.79 Å². The minimum absolute atomic E-state index is 0.0850. The van der Waals surface area contributed by atoms with E-state index in [4.69, 9.17) is 11.6 Å². The summed E-state index contributed by atoms with van der Waals surface area (Å²) in [7, 11) is 0. The molecule has 0 aromatic heterocycles. The molecule has 1 amide bonds. The standard InChI is InChI=1S/C16H15ClNO/c17-15-9-5-4-8-14(15)10-11-18-16(19)12-13-6-2-1-3-7-13/h1-9,12H,10-11H2,(H,18,19). The molecule has 0 aliphatic heterocycles. The Morgan fingerprint density at radius 2 is 1.74 bits per heavy atom. The number of hydrogen-bond donors (Lipinski definition) is 1. The zero-order valence-electron chi connectivity index (χ0n) is 10.5. The first-order valence-corrected chi connectivity index (χ1v) is 6.54. The van der Waals surface area contributed by atoms with Gasteiger partial charge in [0.25, 0.3) is 0 Å². The van der Waals surface area contributed by atoms with E-state index in [9.17, 15) is 4.79 Å². The Morgan fingerprint density at radius 1 is 1.05 bits per heavy atom. The predicted molar refractivity (Wildman–Crippen MR) is 78.0 cm³/mol. The number of nitrogens with one attached hydrogen (secondary N) is 1. The molecule has 0 unspecified atom stereocenters. The highest BCUT2D eigenvalue weighted by Gasteiger charge is 2.04. The van der Waals surface area contributed by atoms with E-state index in [2.05, 4.69) is 5.32 Å². The molecule has 97 valence electrons. The summed E-state index contributed by atoms with van der Waals surface area (Å²) in [5.74, 6) is -0.0850. The van der Waals surface area contributed by atoms with Gasteiger partial charge >= 0.3 is 0 Å². The highest BCUT2D eigenvalue weighted by molar-refractivity contribution is 6.31. The molecule has 2 aromatic rings. The van der Waals surface area contributed by atoms with Crippen LogP contribution in [0, 0.1) is 6.42 Å². The molecule has 0 aliphatic carbocycles. The van der Waals surface area contributed by atoms with Crippen molar-refractivity contribution >= 4 is 17.5 Å². The van der Waals surface area contributed by atoms with Gasteiger partial charge in [0, 0.05) is 11.6 Å². The number of rotatable bonds is 5. The molecule has 0 spiro atoms. The van der Waals surface area contributed by atoms with E-state index < -0.39 is 0 Å². The van der Waals surface area contributed by atoms with Gasteiger partial charge in [-0.25, -0.2) is 0 Å². The molecule has 3 heteroatoms. The van der Waals surface area contributed by atoms with Gasteiger partial charge in [-0.15, -0.1) is 0 Å². The molecule has 0 heterocycles. The molecule has 2 rings (SSSR count). The summed E-state index contributed by atoms with van der Waals surface area (Å²) in [5.41, 5.74) is 1.95. The topological polar surface area (TPSA) is 29.1 Å². The molecule has 0 fully saturated rings. The molecule has 0 saturated heterocycles. The Morgan fingerprint density at radius 3 is 2.47 bits per heavy atom. The minimum atomic E-state index is -0.0850. The summed E-state index contributed by atoms with van der Waals surface area (Å²) in [6, 6.07) is 17.2. The van der Waals surface area contributed by atoms with E-state index in [1.54, 1.807) is 6.42 Å². The lowest BCUT2D eigenvalue weighted by Crippen LogP contribution is -2.26. The minimum Gasteiger partial charge on any atom is -0.355 e. The fraction of sp³-hybridized carbons (Fsp3) is 0.125. The van der Waals surface area contributed by atoms with Crippen molar-refractivity contribution in [2.75, 3.05) is 6.54 Å². The first kappa shape index (κ1) is 13.6. The summed E-state index contributed by atoms with van der Waals surface area (Å²) in [5, 5.41) is 3.59. The van der Waals surface area contributed by atoms with Gasteiger partial charge in [0.1, 0.15) is 0 Å². The van der Waals surface area contributed by atoms with Gasteiger partial charge in [-0.3, -0.25) is 4.79 Å². The van der Waals surface area contributed by atoms with Crippen LogP contribution in [0.15, 0.2) is 54.6 Å². The summed E-state index contributed by atoms with van der Waals surface area (Å²) < 4.78 is 0. The Kier molecular flexibility index (Phi) is 4.99. The number of hydrogen-bond acceptors (Lipinski definition) is 1. The lowest BCUT2D eigenvalue weighted by Gasteiger charge is -2.06. The van der Waals surface area contributed by atoms with Crippen LogP contribution in [0.3, 0.4) is 0 Å². The van der Waals surface area contributed by atoms with Gasteiger partial charge in [0.15, 0.2) is 0 Å². The third kappa shape index (κ3) is 4.42. The van der Waals surface area contributed by atoms with Crippen molar-refractivity contribution in [2.45, 2.75) is 6.42 Å². The Hall–Kier alpha value is -1.80. The molecule has 19 heavy (non-hydrogen) atoms. The molecule has 0 atom stereocenters. The summed E-state index contributed by atoms with van der Waals surface area (Å²) in [6.07, 6.45) is 2.32. The summed E-state index contributed by atoms with van der Waals surface area (Å²) in [6.45, 7) is 0.575. The molecule has 2 aromatic carbocycles. The van der Waals surface area contributed by atoms with Crippen molar-refractivity contribution in [3.05, 3.63) is 77.2 Å². The Balaban J connectivity index is 1.77. The van der Waals surface area contributed by atoms with Crippen LogP contribution < -0.4 is 5.32 Å². The normalized spacial score (nSPS) is 10.2. The molecule has 2 nitrogen and oxygen atoms in total. The van der Waals surface area contributed by atoms with E-state index in [0.29, 0.717) is 6.54 Å². The smallest absolute Gasteiger partial charge is 0.228 e. The number of carbonyl (C=O) groups is 1. The Labute approximate surface area is 118 Å². The average Bonchev–Trinajstić information content (AvgIpc) is 2.42. The van der Waals surface area contributed by atoms with Crippen LogP contribution in [0.4, 0.5) is 0 Å². The first-order chi connectivity index (χ1) is 9.25. The van der Waals surface area contributed by atoms with Crippen LogP contribution in [0.1, 0.15) is 11.1 Å². The van der Waals surface area contributed by atoms with Gasteiger partial charge in [-0.2, -0.15) is 0 Å². The van der Waals surface area contributed by atoms with Gasteiger partial charge in [-0.1, -0.05) is 60.1 Å². The molecule has 1 N–H and O–H groups in total. The number of amides is 1. The third-order valence-corrected chi connectivity index (χ3v) is 3.12. The lowest BCUT2D eigenvalue weighted by molar-refractivity contribution is -0.117. The van der Waals surface area contributed by atoms with Crippen molar-refractivity contribution in [1.82, 2.24) is 5.32 Å². The van der Waals surface area contributed by atoms with Crippen LogP contribution >= 0.6 is 11.6 Å². The molecule has 0 saturated carbocycles. The first-order valence-electron chi connectivity index (χ1n) is 6.17. The van der Waals surface area contributed by atoms with Crippen LogP contribution in [-0.4, -0.2) is 12.5 Å². The number of carbonyl (C=O) groups excluding carboxylic acids is 1. The maximum Gasteiger partial charge on any atom is 0.228 e. The third-order valence-electron chi connectivity index (χ3n) is 2.75. The molecule has 0 aliphatic rings. The van der Waals surface area contributed by atoms with Crippen molar-refractivity contribution in [2.24, 2.45) is 0 Å². The molecule has 1 radical (unpaired) electrons. The monoisotopic (exact) mass is 272 g/mol. The van der Waals surface area contributed by atoms with Crippen molar-refractivity contribution in [1.29, 1.82) is 0 Å². The second kappa shape index (κ2) is 6.95. The summed E-state index contributed by atoms with van der Waals surface area (Å²) in [4.78, 5) is 11.7. The molecular weight excluding hydrogens is 258 g/mol. The zero-order valence-corrected chi connectivity index (χ0v) is 11.2. The maximum absolute atomic E-state index is 11.7. The Bertz CT molecular complexity index is 539. The van der Waals surface area contributed by atoms with E-state index in [1.807, 2.05) is 54.6 Å². The van der Waals surface area contributed by atoms with Gasteiger partial charge in [-0.05, 0) is 23.6 Å². The predicted octanol–water partition coefficient (Wildman–Crippen LogP) is 3.25. The van der Waals surface area contributed by atoms with Crippen LogP contribution in [0.5, 0.6) is 0 Å². The quantitative estimate of drug-likeness (QED) is 0.889. The van der Waals surface area contributed by atoms with Gasteiger partial charge in [0.05, 0.1) is 6.42 Å². The van der Waals surface area contributed by atoms with Gasteiger partial charge in [0.2, 0.25) is 5.91 Å².